The standard InChI is InChI=1S/C16H15N3O2/c1-19-14-7-3-2-6-13(14)18-15(19)8-9-16(20)17-11-12-5-4-10-21-12/h2-10H,11H2,1H3,(H,17,20). The van der Waals surface area contributed by atoms with E-state index in [9.17, 15) is 4.79 Å². The van der Waals surface area contributed by atoms with Gasteiger partial charge in [-0.3, -0.25) is 4.79 Å². The Morgan fingerprint density at radius 1 is 1.33 bits per heavy atom. The van der Waals surface area contributed by atoms with Crippen molar-refractivity contribution in [3.8, 4) is 0 Å². The van der Waals surface area contributed by atoms with Crippen molar-refractivity contribution >= 4 is 23.0 Å². The van der Waals surface area contributed by atoms with Crippen LogP contribution >= 0.6 is 0 Å². The molecular weight excluding hydrogens is 266 g/mol. The summed E-state index contributed by atoms with van der Waals surface area (Å²) in [6.45, 7) is 0.374. The molecule has 0 unspecified atom stereocenters. The first-order chi connectivity index (χ1) is 10.2. The van der Waals surface area contributed by atoms with Crippen molar-refractivity contribution in [2.45, 2.75) is 6.54 Å². The highest BCUT2D eigenvalue weighted by Gasteiger charge is 2.04. The van der Waals surface area contributed by atoms with Crippen LogP contribution in [0.3, 0.4) is 0 Å². The van der Waals surface area contributed by atoms with Crippen LogP contribution in [-0.2, 0) is 18.4 Å². The van der Waals surface area contributed by atoms with Crippen molar-refractivity contribution in [3.63, 3.8) is 0 Å². The third kappa shape index (κ3) is 2.86. The molecule has 5 nitrogen and oxygen atoms in total. The highest BCUT2D eigenvalue weighted by Crippen LogP contribution is 2.14. The number of para-hydroxylation sites is 2. The topological polar surface area (TPSA) is 60.1 Å². The van der Waals surface area contributed by atoms with Gasteiger partial charge in [-0.2, -0.15) is 0 Å². The van der Waals surface area contributed by atoms with Crippen LogP contribution in [0.1, 0.15) is 11.6 Å². The minimum atomic E-state index is -0.182. The van der Waals surface area contributed by atoms with Crippen LogP contribution in [0.5, 0.6) is 0 Å². The largest absolute Gasteiger partial charge is 0.467 e. The van der Waals surface area contributed by atoms with Gasteiger partial charge in [0.2, 0.25) is 5.91 Å². The number of amides is 1. The molecule has 21 heavy (non-hydrogen) atoms. The van der Waals surface area contributed by atoms with Gasteiger partial charge >= 0.3 is 0 Å². The Labute approximate surface area is 121 Å². The summed E-state index contributed by atoms with van der Waals surface area (Å²) in [4.78, 5) is 16.2. The van der Waals surface area contributed by atoms with Crippen LogP contribution in [0.25, 0.3) is 17.1 Å². The van der Waals surface area contributed by atoms with E-state index in [0.717, 1.165) is 22.6 Å². The van der Waals surface area contributed by atoms with Crippen molar-refractivity contribution in [3.05, 3.63) is 60.3 Å². The van der Waals surface area contributed by atoms with E-state index in [0.29, 0.717) is 6.54 Å². The Balaban J connectivity index is 1.69. The minimum Gasteiger partial charge on any atom is -0.467 e. The van der Waals surface area contributed by atoms with Crippen LogP contribution in [0.15, 0.2) is 53.2 Å². The lowest BCUT2D eigenvalue weighted by molar-refractivity contribution is -0.116. The zero-order chi connectivity index (χ0) is 14.7. The van der Waals surface area contributed by atoms with Crippen LogP contribution < -0.4 is 5.32 Å². The van der Waals surface area contributed by atoms with E-state index in [1.165, 1.54) is 6.08 Å². The smallest absolute Gasteiger partial charge is 0.244 e. The molecule has 0 saturated heterocycles. The van der Waals surface area contributed by atoms with Gasteiger partial charge in [0.25, 0.3) is 0 Å². The van der Waals surface area contributed by atoms with Gasteiger partial charge in [-0.05, 0) is 30.3 Å². The Hall–Kier alpha value is -2.82. The number of rotatable bonds is 4. The molecular formula is C16H15N3O2. The van der Waals surface area contributed by atoms with E-state index >= 15 is 0 Å². The second-order valence-corrected chi connectivity index (χ2v) is 4.65. The van der Waals surface area contributed by atoms with Crippen molar-refractivity contribution in [1.82, 2.24) is 14.9 Å². The van der Waals surface area contributed by atoms with E-state index in [4.69, 9.17) is 4.42 Å². The number of hydrogen-bond acceptors (Lipinski definition) is 3. The Morgan fingerprint density at radius 2 is 2.19 bits per heavy atom. The first kappa shape index (κ1) is 13.2. The molecule has 2 aromatic heterocycles. The summed E-state index contributed by atoms with van der Waals surface area (Å²) in [6.07, 6.45) is 4.76. The molecule has 106 valence electrons. The first-order valence-electron chi connectivity index (χ1n) is 6.64. The van der Waals surface area contributed by atoms with Gasteiger partial charge in [-0.15, -0.1) is 0 Å². The molecule has 3 aromatic rings. The van der Waals surface area contributed by atoms with E-state index in [-0.39, 0.29) is 5.91 Å². The zero-order valence-corrected chi connectivity index (χ0v) is 11.6. The number of carbonyl (C=O) groups excluding carboxylic acids is 1. The average molecular weight is 281 g/mol. The maximum Gasteiger partial charge on any atom is 0.244 e. The molecule has 0 radical (unpaired) electrons. The molecule has 1 aromatic carbocycles. The zero-order valence-electron chi connectivity index (χ0n) is 11.6. The second-order valence-electron chi connectivity index (χ2n) is 4.65. The molecule has 0 spiro atoms. The second kappa shape index (κ2) is 5.66. The van der Waals surface area contributed by atoms with Crippen LogP contribution in [0, 0.1) is 0 Å². The minimum absolute atomic E-state index is 0.182. The molecule has 0 saturated carbocycles. The van der Waals surface area contributed by atoms with E-state index in [1.807, 2.05) is 41.9 Å². The molecule has 2 heterocycles. The summed E-state index contributed by atoms with van der Waals surface area (Å²) in [6, 6.07) is 11.5. The number of aryl methyl sites for hydroxylation is 1. The number of nitrogens with one attached hydrogen (secondary N) is 1. The van der Waals surface area contributed by atoms with E-state index in [2.05, 4.69) is 10.3 Å². The Morgan fingerprint density at radius 3 is 2.95 bits per heavy atom. The Bertz CT molecular complexity index is 785. The summed E-state index contributed by atoms with van der Waals surface area (Å²) in [5.41, 5.74) is 1.95. The molecule has 0 bridgehead atoms. The maximum absolute atomic E-state index is 11.8. The summed E-state index contributed by atoms with van der Waals surface area (Å²) in [7, 11) is 1.93. The van der Waals surface area contributed by atoms with Gasteiger partial charge in [-0.25, -0.2) is 4.98 Å². The van der Waals surface area contributed by atoms with Gasteiger partial charge < -0.3 is 14.3 Å². The third-order valence-electron chi connectivity index (χ3n) is 3.22. The van der Waals surface area contributed by atoms with Crippen molar-refractivity contribution < 1.29 is 9.21 Å². The van der Waals surface area contributed by atoms with Gasteiger partial charge in [0, 0.05) is 13.1 Å². The molecule has 1 amide bonds. The number of fused-ring (bicyclic) bond motifs is 1. The normalized spacial score (nSPS) is 11.3. The quantitative estimate of drug-likeness (QED) is 0.747. The number of hydrogen-bond donors (Lipinski definition) is 1. The highest BCUT2D eigenvalue weighted by atomic mass is 16.3. The average Bonchev–Trinajstić information content (AvgIpc) is 3.12. The lowest BCUT2D eigenvalue weighted by Gasteiger charge is -1.99. The van der Waals surface area contributed by atoms with Crippen LogP contribution in [0.2, 0.25) is 0 Å². The van der Waals surface area contributed by atoms with Crippen molar-refractivity contribution in [2.24, 2.45) is 7.05 Å². The fourth-order valence-corrected chi connectivity index (χ4v) is 2.11. The lowest BCUT2D eigenvalue weighted by atomic mass is 10.3. The van der Waals surface area contributed by atoms with Gasteiger partial charge in [-0.1, -0.05) is 12.1 Å². The number of carbonyl (C=O) groups is 1. The monoisotopic (exact) mass is 281 g/mol. The fourth-order valence-electron chi connectivity index (χ4n) is 2.11. The molecule has 3 rings (SSSR count). The summed E-state index contributed by atoms with van der Waals surface area (Å²) < 4.78 is 7.10. The maximum atomic E-state index is 11.8. The van der Waals surface area contributed by atoms with Crippen LogP contribution in [0.4, 0.5) is 0 Å². The lowest BCUT2D eigenvalue weighted by Crippen LogP contribution is -2.19. The number of nitrogens with zero attached hydrogens (tertiary/aromatic N) is 2. The number of aromatic nitrogens is 2. The highest BCUT2D eigenvalue weighted by molar-refractivity contribution is 5.91. The number of benzene rings is 1. The predicted octanol–water partition coefficient (Wildman–Crippen LogP) is 2.50. The third-order valence-corrected chi connectivity index (χ3v) is 3.22. The van der Waals surface area contributed by atoms with Crippen LogP contribution in [-0.4, -0.2) is 15.5 Å². The molecule has 0 aliphatic heterocycles. The Kier molecular flexibility index (Phi) is 3.55. The van der Waals surface area contributed by atoms with Crippen molar-refractivity contribution in [1.29, 1.82) is 0 Å². The SMILES string of the molecule is Cn1c(C=CC(=O)NCc2ccco2)nc2ccccc21. The number of imidazole rings is 1. The van der Waals surface area contributed by atoms with Gasteiger partial charge in [0.1, 0.15) is 11.6 Å². The molecule has 5 heteroatoms. The fraction of sp³-hybridized carbons (Fsp3) is 0.125. The number of furan rings is 1. The molecule has 0 fully saturated rings. The molecule has 0 aliphatic rings. The van der Waals surface area contributed by atoms with Crippen molar-refractivity contribution in [2.75, 3.05) is 0 Å². The summed E-state index contributed by atoms with van der Waals surface area (Å²) in [5.74, 6) is 1.28. The molecule has 0 aliphatic carbocycles. The van der Waals surface area contributed by atoms with E-state index in [1.54, 1.807) is 18.4 Å². The molecule has 1 N–H and O–H groups in total. The van der Waals surface area contributed by atoms with Gasteiger partial charge in [0.05, 0.1) is 23.8 Å². The summed E-state index contributed by atoms with van der Waals surface area (Å²) in [5, 5.41) is 2.75. The molecule has 0 atom stereocenters. The summed E-state index contributed by atoms with van der Waals surface area (Å²) >= 11 is 0. The predicted molar refractivity (Wildman–Crippen MR) is 80.3 cm³/mol. The van der Waals surface area contributed by atoms with Gasteiger partial charge in [0.15, 0.2) is 0 Å². The first-order valence-corrected chi connectivity index (χ1v) is 6.64. The van der Waals surface area contributed by atoms with E-state index < -0.39 is 0 Å².